The van der Waals surface area contributed by atoms with E-state index in [-0.39, 0.29) is 18.2 Å². The molecule has 0 saturated carbocycles. The fraction of sp³-hybridized carbons (Fsp3) is 0.333. The number of benzene rings is 1. The summed E-state index contributed by atoms with van der Waals surface area (Å²) in [5.41, 5.74) is 12.0. The Morgan fingerprint density at radius 1 is 1.46 bits per heavy atom. The molecule has 1 atom stereocenters. The standard InChI is InChI=1S/C9H13FN2O/c10-8-2-1-6(9(12)4-11)3-7(8)5-13/h1-3,9,13H,4-5,11-12H2. The summed E-state index contributed by atoms with van der Waals surface area (Å²) in [5.74, 6) is -0.421. The van der Waals surface area contributed by atoms with Crippen LogP contribution in [0.3, 0.4) is 0 Å². The van der Waals surface area contributed by atoms with E-state index in [2.05, 4.69) is 0 Å². The highest BCUT2D eigenvalue weighted by Gasteiger charge is 2.07. The molecule has 0 aliphatic heterocycles. The normalized spacial score (nSPS) is 12.9. The van der Waals surface area contributed by atoms with Crippen molar-refractivity contribution in [3.05, 3.63) is 35.1 Å². The van der Waals surface area contributed by atoms with Crippen LogP contribution in [0, 0.1) is 5.82 Å². The Bertz CT molecular complexity index is 291. The summed E-state index contributed by atoms with van der Waals surface area (Å²) in [7, 11) is 0. The van der Waals surface area contributed by atoms with Crippen LogP contribution in [-0.2, 0) is 6.61 Å². The van der Waals surface area contributed by atoms with Crippen molar-refractivity contribution in [2.45, 2.75) is 12.6 Å². The largest absolute Gasteiger partial charge is 0.392 e. The molecule has 0 amide bonds. The van der Waals surface area contributed by atoms with E-state index in [1.165, 1.54) is 12.1 Å². The first-order valence-corrected chi connectivity index (χ1v) is 4.04. The average Bonchev–Trinajstić information content (AvgIpc) is 2.17. The number of aliphatic hydroxyl groups excluding tert-OH is 1. The molecular weight excluding hydrogens is 171 g/mol. The van der Waals surface area contributed by atoms with Crippen molar-refractivity contribution in [2.75, 3.05) is 6.54 Å². The van der Waals surface area contributed by atoms with Crippen LogP contribution in [0.15, 0.2) is 18.2 Å². The topological polar surface area (TPSA) is 72.3 Å². The van der Waals surface area contributed by atoms with E-state index in [9.17, 15) is 4.39 Å². The zero-order valence-electron chi connectivity index (χ0n) is 7.20. The van der Waals surface area contributed by atoms with Gasteiger partial charge in [-0.1, -0.05) is 6.07 Å². The molecule has 0 bridgehead atoms. The molecule has 72 valence electrons. The molecule has 13 heavy (non-hydrogen) atoms. The molecule has 1 rings (SSSR count). The lowest BCUT2D eigenvalue weighted by atomic mass is 10.0. The number of hydrogen-bond donors (Lipinski definition) is 3. The Labute approximate surface area is 76.2 Å². The lowest BCUT2D eigenvalue weighted by molar-refractivity contribution is 0.275. The van der Waals surface area contributed by atoms with Crippen LogP contribution in [0.4, 0.5) is 4.39 Å². The number of nitrogens with two attached hydrogens (primary N) is 2. The Kier molecular flexibility index (Phi) is 3.36. The molecule has 0 saturated heterocycles. The zero-order valence-corrected chi connectivity index (χ0v) is 7.20. The fourth-order valence-corrected chi connectivity index (χ4v) is 1.08. The van der Waals surface area contributed by atoms with Gasteiger partial charge in [0.1, 0.15) is 5.82 Å². The van der Waals surface area contributed by atoms with Gasteiger partial charge >= 0.3 is 0 Å². The van der Waals surface area contributed by atoms with E-state index in [0.717, 1.165) is 5.56 Å². The van der Waals surface area contributed by atoms with Gasteiger partial charge in [-0.05, 0) is 17.7 Å². The molecule has 5 N–H and O–H groups in total. The van der Waals surface area contributed by atoms with E-state index in [1.807, 2.05) is 0 Å². The Morgan fingerprint density at radius 3 is 2.69 bits per heavy atom. The smallest absolute Gasteiger partial charge is 0.128 e. The third-order valence-electron chi connectivity index (χ3n) is 1.92. The van der Waals surface area contributed by atoms with Crippen LogP contribution in [-0.4, -0.2) is 11.7 Å². The maximum atomic E-state index is 12.9. The lowest BCUT2D eigenvalue weighted by Gasteiger charge is -2.10. The van der Waals surface area contributed by atoms with Gasteiger partial charge in [0.25, 0.3) is 0 Å². The second kappa shape index (κ2) is 4.32. The molecule has 1 unspecified atom stereocenters. The van der Waals surface area contributed by atoms with Gasteiger partial charge in [-0.25, -0.2) is 4.39 Å². The Hall–Kier alpha value is -0.970. The molecule has 0 fully saturated rings. The Morgan fingerprint density at radius 2 is 2.15 bits per heavy atom. The van der Waals surface area contributed by atoms with Crippen molar-refractivity contribution in [2.24, 2.45) is 11.5 Å². The van der Waals surface area contributed by atoms with Crippen LogP contribution in [0.1, 0.15) is 17.2 Å². The third kappa shape index (κ3) is 2.24. The minimum absolute atomic E-state index is 0.251. The van der Waals surface area contributed by atoms with Crippen molar-refractivity contribution in [3.63, 3.8) is 0 Å². The molecule has 0 aliphatic rings. The van der Waals surface area contributed by atoms with Crippen molar-refractivity contribution in [1.29, 1.82) is 0 Å². The minimum Gasteiger partial charge on any atom is -0.392 e. The van der Waals surface area contributed by atoms with E-state index in [0.29, 0.717) is 6.54 Å². The molecule has 0 heterocycles. The first-order valence-electron chi connectivity index (χ1n) is 4.04. The molecular formula is C9H13FN2O. The average molecular weight is 184 g/mol. The maximum Gasteiger partial charge on any atom is 0.128 e. The third-order valence-corrected chi connectivity index (χ3v) is 1.92. The van der Waals surface area contributed by atoms with Crippen molar-refractivity contribution in [3.8, 4) is 0 Å². The molecule has 1 aromatic carbocycles. The summed E-state index contributed by atoms with van der Waals surface area (Å²) < 4.78 is 12.9. The molecule has 4 heteroatoms. The van der Waals surface area contributed by atoms with Crippen molar-refractivity contribution >= 4 is 0 Å². The predicted molar refractivity (Wildman–Crippen MR) is 48.3 cm³/mol. The number of hydrogen-bond acceptors (Lipinski definition) is 3. The second-order valence-corrected chi connectivity index (χ2v) is 2.85. The summed E-state index contributed by atoms with van der Waals surface area (Å²) in [6.45, 7) is -0.0204. The van der Waals surface area contributed by atoms with E-state index in [1.54, 1.807) is 6.07 Å². The van der Waals surface area contributed by atoms with E-state index >= 15 is 0 Å². The van der Waals surface area contributed by atoms with E-state index in [4.69, 9.17) is 16.6 Å². The minimum atomic E-state index is -0.421. The molecule has 0 radical (unpaired) electrons. The zero-order chi connectivity index (χ0) is 9.84. The summed E-state index contributed by atoms with van der Waals surface area (Å²) in [4.78, 5) is 0. The number of rotatable bonds is 3. The van der Waals surface area contributed by atoms with Gasteiger partial charge in [0.15, 0.2) is 0 Å². The lowest BCUT2D eigenvalue weighted by Crippen LogP contribution is -2.20. The van der Waals surface area contributed by atoms with E-state index < -0.39 is 5.82 Å². The van der Waals surface area contributed by atoms with Gasteiger partial charge in [-0.3, -0.25) is 0 Å². The second-order valence-electron chi connectivity index (χ2n) is 2.85. The highest BCUT2D eigenvalue weighted by atomic mass is 19.1. The van der Waals surface area contributed by atoms with Crippen LogP contribution >= 0.6 is 0 Å². The highest BCUT2D eigenvalue weighted by molar-refractivity contribution is 5.27. The molecule has 3 nitrogen and oxygen atoms in total. The summed E-state index contributed by atoms with van der Waals surface area (Å²) in [6.07, 6.45) is 0. The van der Waals surface area contributed by atoms with Crippen LogP contribution < -0.4 is 11.5 Å². The number of aliphatic hydroxyl groups is 1. The quantitative estimate of drug-likeness (QED) is 0.631. The van der Waals surface area contributed by atoms with Gasteiger partial charge in [0.2, 0.25) is 0 Å². The SMILES string of the molecule is NCC(N)c1ccc(F)c(CO)c1. The Balaban J connectivity index is 2.99. The summed E-state index contributed by atoms with van der Waals surface area (Å²) in [6, 6.07) is 4.10. The summed E-state index contributed by atoms with van der Waals surface area (Å²) >= 11 is 0. The van der Waals surface area contributed by atoms with Gasteiger partial charge in [0.05, 0.1) is 6.61 Å². The fourth-order valence-electron chi connectivity index (χ4n) is 1.08. The van der Waals surface area contributed by atoms with Gasteiger partial charge in [-0.2, -0.15) is 0 Å². The highest BCUT2D eigenvalue weighted by Crippen LogP contribution is 2.14. The first kappa shape index (κ1) is 10.1. The van der Waals surface area contributed by atoms with Crippen LogP contribution in [0.5, 0.6) is 0 Å². The van der Waals surface area contributed by atoms with Crippen molar-refractivity contribution < 1.29 is 9.50 Å². The van der Waals surface area contributed by atoms with Crippen LogP contribution in [0.2, 0.25) is 0 Å². The molecule has 1 aromatic rings. The maximum absolute atomic E-state index is 12.9. The monoisotopic (exact) mass is 184 g/mol. The van der Waals surface area contributed by atoms with Gasteiger partial charge in [0, 0.05) is 18.2 Å². The first-order chi connectivity index (χ1) is 6.19. The number of halogens is 1. The van der Waals surface area contributed by atoms with Gasteiger partial charge in [-0.15, -0.1) is 0 Å². The summed E-state index contributed by atoms with van der Waals surface area (Å²) in [5, 5.41) is 8.79. The molecule has 0 aliphatic carbocycles. The van der Waals surface area contributed by atoms with Crippen molar-refractivity contribution in [1.82, 2.24) is 0 Å². The van der Waals surface area contributed by atoms with Crippen LogP contribution in [0.25, 0.3) is 0 Å². The predicted octanol–water partition coefficient (Wildman–Crippen LogP) is 0.276. The van der Waals surface area contributed by atoms with Gasteiger partial charge < -0.3 is 16.6 Å². The molecule has 0 spiro atoms. The molecule has 0 aromatic heterocycles.